The molecule has 9 heteroatoms. The SMILES string of the molecule is CC(C)(C)c1ccc(S(=O)(=O)NC(C2=NNC(c3ccc(Cl)cc3)C2)c2ccc(Cl)cc2Cl)cc1. The molecular formula is C26H26Cl3N3O2S. The number of nitrogens with one attached hydrogen (secondary N) is 2. The fourth-order valence-electron chi connectivity index (χ4n) is 3.94. The molecule has 5 nitrogen and oxygen atoms in total. The number of hydrogen-bond donors (Lipinski definition) is 2. The Bertz CT molecular complexity index is 1350. The summed E-state index contributed by atoms with van der Waals surface area (Å²) in [6.45, 7) is 6.24. The van der Waals surface area contributed by atoms with Crippen molar-refractivity contribution in [3.8, 4) is 0 Å². The van der Waals surface area contributed by atoms with Crippen LogP contribution in [0.25, 0.3) is 0 Å². The number of benzene rings is 3. The van der Waals surface area contributed by atoms with E-state index in [0.29, 0.717) is 32.8 Å². The summed E-state index contributed by atoms with van der Waals surface area (Å²) in [4.78, 5) is 0.168. The predicted octanol–water partition coefficient (Wildman–Crippen LogP) is 7.05. The van der Waals surface area contributed by atoms with Gasteiger partial charge in [0.2, 0.25) is 10.0 Å². The van der Waals surface area contributed by atoms with Gasteiger partial charge in [0.1, 0.15) is 0 Å². The average molecular weight is 551 g/mol. The van der Waals surface area contributed by atoms with Gasteiger partial charge < -0.3 is 5.43 Å². The van der Waals surface area contributed by atoms with Gasteiger partial charge in [0.25, 0.3) is 0 Å². The minimum Gasteiger partial charge on any atom is -0.302 e. The van der Waals surface area contributed by atoms with Crippen LogP contribution in [0, 0.1) is 0 Å². The van der Waals surface area contributed by atoms with Crippen molar-refractivity contribution in [2.45, 2.75) is 49.6 Å². The van der Waals surface area contributed by atoms with Crippen LogP contribution in [0.1, 0.15) is 56.0 Å². The Morgan fingerprint density at radius 1 is 0.943 bits per heavy atom. The molecule has 2 unspecified atom stereocenters. The highest BCUT2D eigenvalue weighted by molar-refractivity contribution is 7.89. The summed E-state index contributed by atoms with van der Waals surface area (Å²) in [6, 6.07) is 18.5. The molecule has 0 fully saturated rings. The zero-order valence-corrected chi connectivity index (χ0v) is 22.6. The van der Waals surface area contributed by atoms with Crippen molar-refractivity contribution >= 4 is 50.5 Å². The van der Waals surface area contributed by atoms with Crippen LogP contribution < -0.4 is 10.1 Å². The number of sulfonamides is 1. The van der Waals surface area contributed by atoms with Gasteiger partial charge in [-0.3, -0.25) is 0 Å². The summed E-state index contributed by atoms with van der Waals surface area (Å²) in [6.07, 6.45) is 0.483. The molecular weight excluding hydrogens is 525 g/mol. The van der Waals surface area contributed by atoms with Crippen LogP contribution in [0.4, 0.5) is 0 Å². The molecule has 4 rings (SSSR count). The molecule has 0 saturated heterocycles. The largest absolute Gasteiger partial charge is 0.302 e. The molecule has 0 aromatic heterocycles. The Morgan fingerprint density at radius 2 is 1.57 bits per heavy atom. The summed E-state index contributed by atoms with van der Waals surface area (Å²) in [5.41, 5.74) is 6.25. The molecule has 0 aliphatic carbocycles. The highest BCUT2D eigenvalue weighted by Crippen LogP contribution is 2.34. The second kappa shape index (κ2) is 10.1. The van der Waals surface area contributed by atoms with E-state index in [4.69, 9.17) is 34.8 Å². The number of rotatable bonds is 6. The molecule has 2 atom stereocenters. The maximum absolute atomic E-state index is 13.4. The first-order chi connectivity index (χ1) is 16.4. The van der Waals surface area contributed by atoms with Crippen molar-refractivity contribution in [2.24, 2.45) is 5.10 Å². The topological polar surface area (TPSA) is 70.6 Å². The minimum absolute atomic E-state index is 0.0873. The van der Waals surface area contributed by atoms with Crippen LogP contribution in [-0.4, -0.2) is 14.1 Å². The highest BCUT2D eigenvalue weighted by atomic mass is 35.5. The smallest absolute Gasteiger partial charge is 0.241 e. The normalized spacial score (nSPS) is 17.1. The molecule has 0 saturated carbocycles. The zero-order chi connectivity index (χ0) is 25.4. The lowest BCUT2D eigenvalue weighted by atomic mass is 9.87. The lowest BCUT2D eigenvalue weighted by molar-refractivity contribution is 0.574. The number of nitrogens with zero attached hydrogens (tertiary/aromatic N) is 1. The van der Waals surface area contributed by atoms with Crippen LogP contribution in [0.2, 0.25) is 15.1 Å². The van der Waals surface area contributed by atoms with Gasteiger partial charge in [0.05, 0.1) is 22.7 Å². The van der Waals surface area contributed by atoms with Crippen LogP contribution in [-0.2, 0) is 15.4 Å². The molecule has 1 aliphatic rings. The van der Waals surface area contributed by atoms with Crippen LogP contribution in [0.3, 0.4) is 0 Å². The third-order valence-electron chi connectivity index (χ3n) is 5.96. The number of halogens is 3. The van der Waals surface area contributed by atoms with Crippen LogP contribution in [0.5, 0.6) is 0 Å². The summed E-state index contributed by atoms with van der Waals surface area (Å²) in [5, 5.41) is 5.95. The minimum atomic E-state index is -3.89. The molecule has 0 spiro atoms. The van der Waals surface area contributed by atoms with Gasteiger partial charge in [-0.1, -0.05) is 85.9 Å². The van der Waals surface area contributed by atoms with Gasteiger partial charge in [-0.05, 0) is 58.5 Å². The van der Waals surface area contributed by atoms with E-state index >= 15 is 0 Å². The van der Waals surface area contributed by atoms with E-state index < -0.39 is 16.1 Å². The van der Waals surface area contributed by atoms with Gasteiger partial charge in [-0.2, -0.15) is 9.82 Å². The van der Waals surface area contributed by atoms with Gasteiger partial charge in [-0.25, -0.2) is 8.42 Å². The van der Waals surface area contributed by atoms with Crippen molar-refractivity contribution in [2.75, 3.05) is 0 Å². The molecule has 35 heavy (non-hydrogen) atoms. The number of hydrogen-bond acceptors (Lipinski definition) is 4. The van der Waals surface area contributed by atoms with E-state index in [1.54, 1.807) is 30.3 Å². The van der Waals surface area contributed by atoms with Gasteiger partial charge >= 0.3 is 0 Å². The van der Waals surface area contributed by atoms with E-state index in [-0.39, 0.29) is 16.4 Å². The molecule has 3 aromatic rings. The highest BCUT2D eigenvalue weighted by Gasteiger charge is 2.32. The van der Waals surface area contributed by atoms with Gasteiger partial charge in [-0.15, -0.1) is 0 Å². The van der Waals surface area contributed by atoms with Crippen molar-refractivity contribution in [1.29, 1.82) is 0 Å². The Hall–Kier alpha value is -2.09. The Balaban J connectivity index is 1.66. The molecule has 3 aromatic carbocycles. The molecule has 1 aliphatic heterocycles. The second-order valence-electron chi connectivity index (χ2n) is 9.54. The fraction of sp³-hybridized carbons (Fsp3) is 0.269. The predicted molar refractivity (Wildman–Crippen MR) is 144 cm³/mol. The fourth-order valence-corrected chi connectivity index (χ4v) is 5.78. The molecule has 0 bridgehead atoms. The quantitative estimate of drug-likeness (QED) is 0.345. The van der Waals surface area contributed by atoms with Crippen molar-refractivity contribution in [3.63, 3.8) is 0 Å². The first-order valence-corrected chi connectivity index (χ1v) is 13.7. The third kappa shape index (κ3) is 6.01. The van der Waals surface area contributed by atoms with Crippen LogP contribution >= 0.6 is 34.8 Å². The lowest BCUT2D eigenvalue weighted by Gasteiger charge is -2.22. The van der Waals surface area contributed by atoms with Gasteiger partial charge in [0.15, 0.2) is 0 Å². The Morgan fingerprint density at radius 3 is 2.17 bits per heavy atom. The lowest BCUT2D eigenvalue weighted by Crippen LogP contribution is -2.34. The van der Waals surface area contributed by atoms with E-state index in [9.17, 15) is 8.42 Å². The molecule has 2 N–H and O–H groups in total. The zero-order valence-electron chi connectivity index (χ0n) is 19.5. The van der Waals surface area contributed by atoms with Gasteiger partial charge in [0, 0.05) is 21.5 Å². The number of hydrazone groups is 1. The van der Waals surface area contributed by atoms with Crippen LogP contribution in [0.15, 0.2) is 76.7 Å². The molecule has 1 heterocycles. The van der Waals surface area contributed by atoms with Crippen molar-refractivity contribution < 1.29 is 8.42 Å². The first-order valence-electron chi connectivity index (χ1n) is 11.1. The maximum atomic E-state index is 13.4. The summed E-state index contributed by atoms with van der Waals surface area (Å²) in [7, 11) is -3.89. The summed E-state index contributed by atoms with van der Waals surface area (Å²) in [5.74, 6) is 0. The first kappa shape index (κ1) is 26.0. The second-order valence-corrected chi connectivity index (χ2v) is 12.5. The van der Waals surface area contributed by atoms with E-state index in [0.717, 1.165) is 11.1 Å². The van der Waals surface area contributed by atoms with E-state index in [1.807, 2.05) is 36.4 Å². The average Bonchev–Trinajstić information content (AvgIpc) is 3.28. The maximum Gasteiger partial charge on any atom is 0.241 e. The molecule has 0 radical (unpaired) electrons. The summed E-state index contributed by atoms with van der Waals surface area (Å²) < 4.78 is 29.7. The van der Waals surface area contributed by atoms with E-state index in [2.05, 4.69) is 36.0 Å². The standard InChI is InChI=1S/C26H26Cl3N3O2S/c1-26(2,3)17-6-11-20(12-7-17)35(33,34)32-25(21-13-10-19(28)14-22(21)29)24-15-23(30-31-24)16-4-8-18(27)9-5-16/h4-14,23,25,30,32H,15H2,1-3H3. The summed E-state index contributed by atoms with van der Waals surface area (Å²) >= 11 is 18.6. The molecule has 0 amide bonds. The van der Waals surface area contributed by atoms with Crippen molar-refractivity contribution in [3.05, 3.63) is 98.5 Å². The Kier molecular flexibility index (Phi) is 7.51. The molecule has 184 valence electrons. The third-order valence-corrected chi connectivity index (χ3v) is 8.21. The monoisotopic (exact) mass is 549 g/mol. The Labute approximate surface area is 221 Å². The van der Waals surface area contributed by atoms with E-state index in [1.165, 1.54) is 0 Å². The van der Waals surface area contributed by atoms with Crippen molar-refractivity contribution in [1.82, 2.24) is 10.1 Å².